The molecule has 0 atom stereocenters. The van der Waals surface area contributed by atoms with Gasteiger partial charge in [-0.15, -0.1) is 0 Å². The Balaban J connectivity index is 1.78. The quantitative estimate of drug-likeness (QED) is 0.781. The Hall–Kier alpha value is -2.54. The third-order valence-electron chi connectivity index (χ3n) is 4.09. The molecule has 1 fully saturated rings. The van der Waals surface area contributed by atoms with Gasteiger partial charge in [0.1, 0.15) is 12.0 Å². The van der Waals surface area contributed by atoms with Gasteiger partial charge in [-0.2, -0.15) is 0 Å². The summed E-state index contributed by atoms with van der Waals surface area (Å²) >= 11 is 5.98. The summed E-state index contributed by atoms with van der Waals surface area (Å²) in [6.07, 6.45) is 2.60. The number of nitrogens with two attached hydrogens (primary N) is 1. The lowest BCUT2D eigenvalue weighted by Crippen LogP contribution is -2.37. The number of rotatable bonds is 4. The summed E-state index contributed by atoms with van der Waals surface area (Å²) in [6, 6.07) is 7.26. The molecule has 24 heavy (non-hydrogen) atoms. The number of aliphatic carboxylic acids is 1. The van der Waals surface area contributed by atoms with Crippen LogP contribution in [-0.4, -0.2) is 34.1 Å². The van der Waals surface area contributed by atoms with Crippen molar-refractivity contribution in [3.8, 4) is 0 Å². The zero-order chi connectivity index (χ0) is 17.1. The van der Waals surface area contributed by atoms with E-state index in [9.17, 15) is 4.79 Å². The van der Waals surface area contributed by atoms with Gasteiger partial charge < -0.3 is 21.1 Å². The lowest BCUT2D eigenvalue weighted by atomic mass is 9.97. The van der Waals surface area contributed by atoms with E-state index in [-0.39, 0.29) is 5.92 Å². The molecule has 0 unspecified atom stereocenters. The lowest BCUT2D eigenvalue weighted by Gasteiger charge is -2.31. The Kier molecular flexibility index (Phi) is 4.71. The van der Waals surface area contributed by atoms with Crippen molar-refractivity contribution in [2.75, 3.05) is 29.0 Å². The van der Waals surface area contributed by atoms with E-state index in [4.69, 9.17) is 22.4 Å². The molecule has 1 aromatic carbocycles. The van der Waals surface area contributed by atoms with E-state index in [0.29, 0.717) is 48.3 Å². The minimum Gasteiger partial charge on any atom is -0.481 e. The van der Waals surface area contributed by atoms with Crippen LogP contribution in [0.25, 0.3) is 0 Å². The number of hydrogen-bond donors (Lipinski definition) is 3. The molecule has 2 heterocycles. The Morgan fingerprint density at radius 3 is 2.75 bits per heavy atom. The average Bonchev–Trinajstić information content (AvgIpc) is 2.57. The molecule has 2 aromatic rings. The minimum absolute atomic E-state index is 0.298. The molecule has 126 valence electrons. The molecule has 7 nitrogen and oxygen atoms in total. The van der Waals surface area contributed by atoms with Gasteiger partial charge in [0.15, 0.2) is 11.6 Å². The first-order chi connectivity index (χ1) is 11.5. The highest BCUT2D eigenvalue weighted by Gasteiger charge is 2.26. The first kappa shape index (κ1) is 16.3. The third-order valence-corrected chi connectivity index (χ3v) is 4.33. The zero-order valence-corrected chi connectivity index (χ0v) is 13.7. The molecule has 0 bridgehead atoms. The highest BCUT2D eigenvalue weighted by atomic mass is 35.5. The van der Waals surface area contributed by atoms with Gasteiger partial charge >= 0.3 is 5.97 Å². The molecule has 0 spiro atoms. The number of carbonyl (C=O) groups is 1. The number of carboxylic acids is 1. The standard InChI is InChI=1S/C16H18ClN5O2/c17-11-2-1-3-12(8-11)21-14-13(18)15(20-9-19-14)22-6-4-10(5-7-22)16(23)24/h1-3,8-10H,4-7,18H2,(H,23,24)(H,19,20,21). The van der Waals surface area contributed by atoms with Crippen molar-refractivity contribution in [2.45, 2.75) is 12.8 Å². The van der Waals surface area contributed by atoms with E-state index in [2.05, 4.69) is 15.3 Å². The van der Waals surface area contributed by atoms with Gasteiger partial charge in [-0.1, -0.05) is 17.7 Å². The van der Waals surface area contributed by atoms with Gasteiger partial charge in [0.05, 0.1) is 5.92 Å². The maximum absolute atomic E-state index is 11.1. The molecule has 1 aromatic heterocycles. The Morgan fingerprint density at radius 2 is 2.08 bits per heavy atom. The van der Waals surface area contributed by atoms with Crippen molar-refractivity contribution in [2.24, 2.45) is 5.92 Å². The molecule has 0 radical (unpaired) electrons. The van der Waals surface area contributed by atoms with Crippen molar-refractivity contribution >= 4 is 40.6 Å². The second-order valence-corrected chi connectivity index (χ2v) is 6.13. The predicted octanol–water partition coefficient (Wildman–Crippen LogP) is 2.76. The second-order valence-electron chi connectivity index (χ2n) is 5.69. The van der Waals surface area contributed by atoms with Crippen LogP contribution < -0.4 is 16.0 Å². The number of piperidine rings is 1. The first-order valence-electron chi connectivity index (χ1n) is 7.65. The second kappa shape index (κ2) is 6.92. The highest BCUT2D eigenvalue weighted by Crippen LogP contribution is 2.31. The normalized spacial score (nSPS) is 15.3. The Morgan fingerprint density at radius 1 is 1.33 bits per heavy atom. The molecule has 1 aliphatic heterocycles. The summed E-state index contributed by atoms with van der Waals surface area (Å²) in [5.41, 5.74) is 7.43. The number of hydrogen-bond acceptors (Lipinski definition) is 6. The molecule has 3 rings (SSSR count). The minimum atomic E-state index is -0.742. The molecule has 4 N–H and O–H groups in total. The van der Waals surface area contributed by atoms with Gasteiger partial charge in [0.25, 0.3) is 0 Å². The maximum atomic E-state index is 11.1. The molecule has 1 saturated heterocycles. The number of nitrogens with zero attached hydrogens (tertiary/aromatic N) is 3. The number of nitrogens with one attached hydrogen (secondary N) is 1. The average molecular weight is 348 g/mol. The highest BCUT2D eigenvalue weighted by molar-refractivity contribution is 6.30. The number of aromatic nitrogens is 2. The monoisotopic (exact) mass is 347 g/mol. The maximum Gasteiger partial charge on any atom is 0.306 e. The summed E-state index contributed by atoms with van der Waals surface area (Å²) in [4.78, 5) is 21.5. The van der Waals surface area contributed by atoms with Crippen molar-refractivity contribution in [1.29, 1.82) is 0 Å². The number of benzene rings is 1. The van der Waals surface area contributed by atoms with Gasteiger partial charge in [-0.05, 0) is 31.0 Å². The van der Waals surface area contributed by atoms with Crippen LogP contribution in [0.3, 0.4) is 0 Å². The number of nitrogen functional groups attached to an aromatic ring is 1. The molecule has 1 aliphatic rings. The van der Waals surface area contributed by atoms with Crippen LogP contribution in [0.2, 0.25) is 5.02 Å². The van der Waals surface area contributed by atoms with E-state index in [1.165, 1.54) is 6.33 Å². The lowest BCUT2D eigenvalue weighted by molar-refractivity contribution is -0.142. The fourth-order valence-corrected chi connectivity index (χ4v) is 2.97. The van der Waals surface area contributed by atoms with Gasteiger partial charge in [-0.3, -0.25) is 4.79 Å². The summed E-state index contributed by atoms with van der Waals surface area (Å²) in [6.45, 7) is 1.21. The third kappa shape index (κ3) is 3.51. The van der Waals surface area contributed by atoms with Crippen LogP contribution in [-0.2, 0) is 4.79 Å². The van der Waals surface area contributed by atoms with Gasteiger partial charge in [0, 0.05) is 23.8 Å². The van der Waals surface area contributed by atoms with Crippen LogP contribution in [0.1, 0.15) is 12.8 Å². The van der Waals surface area contributed by atoms with Crippen LogP contribution in [0.15, 0.2) is 30.6 Å². The van der Waals surface area contributed by atoms with E-state index in [1.807, 2.05) is 17.0 Å². The van der Waals surface area contributed by atoms with Crippen LogP contribution in [0.5, 0.6) is 0 Å². The number of halogens is 1. The van der Waals surface area contributed by atoms with Crippen molar-refractivity contribution < 1.29 is 9.90 Å². The molecule has 8 heteroatoms. The Labute approximate surface area is 144 Å². The summed E-state index contributed by atoms with van der Waals surface area (Å²) in [5.74, 6) is 0.0861. The van der Waals surface area contributed by atoms with E-state index < -0.39 is 5.97 Å². The van der Waals surface area contributed by atoms with E-state index in [0.717, 1.165) is 5.69 Å². The number of carboxylic acid groups (broad SMARTS) is 1. The van der Waals surface area contributed by atoms with Crippen molar-refractivity contribution in [3.05, 3.63) is 35.6 Å². The fraction of sp³-hybridized carbons (Fsp3) is 0.312. The molecular formula is C16H18ClN5O2. The fourth-order valence-electron chi connectivity index (χ4n) is 2.78. The smallest absolute Gasteiger partial charge is 0.306 e. The largest absolute Gasteiger partial charge is 0.481 e. The van der Waals surface area contributed by atoms with E-state index >= 15 is 0 Å². The SMILES string of the molecule is Nc1c(Nc2cccc(Cl)c2)ncnc1N1CCC(C(=O)O)CC1. The first-order valence-corrected chi connectivity index (χ1v) is 8.03. The topological polar surface area (TPSA) is 104 Å². The van der Waals surface area contributed by atoms with Crippen molar-refractivity contribution in [1.82, 2.24) is 9.97 Å². The molecular weight excluding hydrogens is 330 g/mol. The summed E-state index contributed by atoms with van der Waals surface area (Å²) in [5, 5.41) is 12.8. The molecule has 0 amide bonds. The predicted molar refractivity (Wildman–Crippen MR) is 93.8 cm³/mol. The van der Waals surface area contributed by atoms with Crippen LogP contribution in [0.4, 0.5) is 23.0 Å². The Bertz CT molecular complexity index is 747. The van der Waals surface area contributed by atoms with Crippen molar-refractivity contribution in [3.63, 3.8) is 0 Å². The molecule has 0 saturated carbocycles. The van der Waals surface area contributed by atoms with Gasteiger partial charge in [0.2, 0.25) is 0 Å². The van der Waals surface area contributed by atoms with Crippen LogP contribution in [0, 0.1) is 5.92 Å². The molecule has 0 aliphatic carbocycles. The van der Waals surface area contributed by atoms with Gasteiger partial charge in [-0.25, -0.2) is 9.97 Å². The zero-order valence-electron chi connectivity index (χ0n) is 12.9. The summed E-state index contributed by atoms with van der Waals surface area (Å²) in [7, 11) is 0. The summed E-state index contributed by atoms with van der Waals surface area (Å²) < 4.78 is 0. The van der Waals surface area contributed by atoms with Crippen LogP contribution >= 0.6 is 11.6 Å². The van der Waals surface area contributed by atoms with E-state index in [1.54, 1.807) is 12.1 Å². The number of anilines is 4.